The summed E-state index contributed by atoms with van der Waals surface area (Å²) in [6.45, 7) is 3.80. The first kappa shape index (κ1) is 26.5. The van der Waals surface area contributed by atoms with Crippen LogP contribution in [0.2, 0.25) is 0 Å². The number of amides is 2. The minimum Gasteiger partial charge on any atom is -0.467 e. The summed E-state index contributed by atoms with van der Waals surface area (Å²) in [6, 6.07) is 8.10. The molecule has 172 valence electrons. The van der Waals surface area contributed by atoms with E-state index >= 15 is 0 Å². The van der Waals surface area contributed by atoms with Crippen molar-refractivity contribution in [2.24, 2.45) is 5.92 Å². The van der Waals surface area contributed by atoms with E-state index in [2.05, 4.69) is 10.6 Å². The van der Waals surface area contributed by atoms with Crippen molar-refractivity contribution in [3.05, 3.63) is 35.9 Å². The molecule has 0 spiro atoms. The molecule has 2 N–H and O–H groups in total. The first-order chi connectivity index (χ1) is 14.8. The van der Waals surface area contributed by atoms with Gasteiger partial charge in [0, 0.05) is 19.3 Å². The number of hydrogen-bond acceptors (Lipinski definition) is 7. The van der Waals surface area contributed by atoms with Gasteiger partial charge in [0.2, 0.25) is 5.91 Å². The van der Waals surface area contributed by atoms with E-state index in [0.717, 1.165) is 11.3 Å². The lowest BCUT2D eigenvalue weighted by Gasteiger charge is -2.34. The van der Waals surface area contributed by atoms with Crippen LogP contribution in [0.4, 0.5) is 0 Å². The molecule has 0 aliphatic rings. The highest BCUT2D eigenvalue weighted by Gasteiger charge is 2.44. The van der Waals surface area contributed by atoms with Gasteiger partial charge in [0.05, 0.1) is 7.11 Å². The van der Waals surface area contributed by atoms with Crippen molar-refractivity contribution in [3.8, 4) is 0 Å². The van der Waals surface area contributed by atoms with E-state index in [0.29, 0.717) is 6.42 Å². The molecule has 0 radical (unpaired) electrons. The topological polar surface area (TPSA) is 111 Å². The number of methoxy groups -OCH3 is 1. The van der Waals surface area contributed by atoms with E-state index in [9.17, 15) is 19.2 Å². The molecule has 31 heavy (non-hydrogen) atoms. The standard InChI is InChI=1S/C22H32N2O6S/c1-16(2)14-22(30-15-25,24-19(26)11-8-12-31-4)21(28)23-18(20(27)29-3)13-17-9-6-5-7-10-17/h5-7,9-10,15-16,18H,8,11-14H2,1-4H3,(H,23,28)(H,24,26). The molecule has 8 nitrogen and oxygen atoms in total. The van der Waals surface area contributed by atoms with Crippen LogP contribution in [0.25, 0.3) is 0 Å². The van der Waals surface area contributed by atoms with E-state index in [1.54, 1.807) is 11.8 Å². The van der Waals surface area contributed by atoms with Gasteiger partial charge in [-0.1, -0.05) is 44.2 Å². The predicted octanol–water partition coefficient (Wildman–Crippen LogP) is 2.06. The monoisotopic (exact) mass is 452 g/mol. The van der Waals surface area contributed by atoms with Gasteiger partial charge in [-0.3, -0.25) is 14.4 Å². The second-order valence-corrected chi connectivity index (χ2v) is 8.51. The van der Waals surface area contributed by atoms with Gasteiger partial charge in [-0.15, -0.1) is 0 Å². The zero-order valence-corrected chi connectivity index (χ0v) is 19.3. The first-order valence-electron chi connectivity index (χ1n) is 10.1. The third-order valence-electron chi connectivity index (χ3n) is 4.48. The van der Waals surface area contributed by atoms with Crippen LogP contribution in [0.3, 0.4) is 0 Å². The van der Waals surface area contributed by atoms with Crippen LogP contribution in [-0.4, -0.2) is 55.1 Å². The molecule has 1 aromatic rings. The number of thioether (sulfide) groups is 1. The Morgan fingerprint density at radius 1 is 1.19 bits per heavy atom. The Hall–Kier alpha value is -2.55. The highest BCUT2D eigenvalue weighted by molar-refractivity contribution is 7.98. The number of hydrogen-bond donors (Lipinski definition) is 2. The van der Waals surface area contributed by atoms with Crippen molar-refractivity contribution in [3.63, 3.8) is 0 Å². The van der Waals surface area contributed by atoms with Gasteiger partial charge >= 0.3 is 5.97 Å². The van der Waals surface area contributed by atoms with Gasteiger partial charge in [-0.25, -0.2) is 4.79 Å². The van der Waals surface area contributed by atoms with E-state index in [1.807, 2.05) is 50.4 Å². The maximum atomic E-state index is 13.3. The average molecular weight is 453 g/mol. The molecule has 1 aromatic carbocycles. The van der Waals surface area contributed by atoms with Gasteiger partial charge in [0.15, 0.2) is 0 Å². The molecule has 2 unspecified atom stereocenters. The molecule has 0 fully saturated rings. The highest BCUT2D eigenvalue weighted by atomic mass is 32.2. The highest BCUT2D eigenvalue weighted by Crippen LogP contribution is 2.20. The maximum Gasteiger partial charge on any atom is 0.328 e. The molecule has 0 heterocycles. The van der Waals surface area contributed by atoms with Crippen LogP contribution < -0.4 is 10.6 Å². The zero-order valence-electron chi connectivity index (χ0n) is 18.5. The van der Waals surface area contributed by atoms with Crippen molar-refractivity contribution in [2.75, 3.05) is 19.1 Å². The molecule has 2 atom stereocenters. The molecule has 0 saturated heterocycles. The van der Waals surface area contributed by atoms with Gasteiger partial charge < -0.3 is 20.1 Å². The van der Waals surface area contributed by atoms with E-state index in [1.165, 1.54) is 7.11 Å². The first-order valence-corrected chi connectivity index (χ1v) is 11.5. The van der Waals surface area contributed by atoms with Crippen LogP contribution in [0.5, 0.6) is 0 Å². The molecule has 2 amide bonds. The van der Waals surface area contributed by atoms with Crippen molar-refractivity contribution in [1.82, 2.24) is 10.6 Å². The number of nitrogens with one attached hydrogen (secondary N) is 2. The molecule has 0 aromatic heterocycles. The van der Waals surface area contributed by atoms with Crippen LogP contribution in [-0.2, 0) is 35.1 Å². The predicted molar refractivity (Wildman–Crippen MR) is 119 cm³/mol. The zero-order chi connectivity index (χ0) is 23.3. The van der Waals surface area contributed by atoms with Crippen LogP contribution in [0.15, 0.2) is 30.3 Å². The maximum absolute atomic E-state index is 13.3. The summed E-state index contributed by atoms with van der Waals surface area (Å²) >= 11 is 1.61. The number of ether oxygens (including phenoxy) is 2. The lowest BCUT2D eigenvalue weighted by atomic mass is 9.97. The Kier molecular flexibility index (Phi) is 11.7. The lowest BCUT2D eigenvalue weighted by molar-refractivity contribution is -0.168. The number of benzene rings is 1. The van der Waals surface area contributed by atoms with Crippen LogP contribution in [0.1, 0.15) is 38.7 Å². The van der Waals surface area contributed by atoms with E-state index < -0.39 is 29.6 Å². The number of rotatable bonds is 14. The van der Waals surface area contributed by atoms with E-state index in [-0.39, 0.29) is 31.7 Å². The summed E-state index contributed by atoms with van der Waals surface area (Å²) in [6.07, 6.45) is 2.96. The summed E-state index contributed by atoms with van der Waals surface area (Å²) in [5.41, 5.74) is -1.11. The Labute approximate surface area is 187 Å². The Morgan fingerprint density at radius 3 is 2.42 bits per heavy atom. The fraction of sp³-hybridized carbons (Fsp3) is 0.545. The minimum atomic E-state index is -1.92. The van der Waals surface area contributed by atoms with Crippen molar-refractivity contribution >= 4 is 36.0 Å². The normalized spacial score (nSPS) is 13.6. The second kappa shape index (κ2) is 13.7. The summed E-state index contributed by atoms with van der Waals surface area (Å²) in [4.78, 5) is 49.3. The number of carbonyl (C=O) groups excluding carboxylic acids is 4. The molecule has 0 aliphatic carbocycles. The van der Waals surface area contributed by atoms with Crippen molar-refractivity contribution in [2.45, 2.75) is 51.3 Å². The molecular weight excluding hydrogens is 420 g/mol. The van der Waals surface area contributed by atoms with Crippen LogP contribution in [0, 0.1) is 5.92 Å². The Balaban J connectivity index is 3.11. The summed E-state index contributed by atoms with van der Waals surface area (Å²) in [7, 11) is 1.23. The van der Waals surface area contributed by atoms with Gasteiger partial charge in [-0.05, 0) is 29.9 Å². The summed E-state index contributed by atoms with van der Waals surface area (Å²) < 4.78 is 9.99. The van der Waals surface area contributed by atoms with Crippen LogP contribution >= 0.6 is 11.8 Å². The molecular formula is C22H32N2O6S. The number of carbonyl (C=O) groups is 4. The van der Waals surface area contributed by atoms with E-state index in [4.69, 9.17) is 9.47 Å². The van der Waals surface area contributed by atoms with Crippen molar-refractivity contribution < 1.29 is 28.7 Å². The lowest BCUT2D eigenvalue weighted by Crippen LogP contribution is -2.63. The minimum absolute atomic E-state index is 0.0467. The third-order valence-corrected chi connectivity index (χ3v) is 5.18. The Morgan fingerprint density at radius 2 is 1.87 bits per heavy atom. The summed E-state index contributed by atoms with van der Waals surface area (Å²) in [5, 5.41) is 5.19. The quantitative estimate of drug-likeness (QED) is 0.192. The fourth-order valence-corrected chi connectivity index (χ4v) is 3.55. The third kappa shape index (κ3) is 9.00. The summed E-state index contributed by atoms with van der Waals surface area (Å²) in [5.74, 6) is -1.15. The molecule has 9 heteroatoms. The molecule has 0 bridgehead atoms. The fourth-order valence-electron chi connectivity index (χ4n) is 3.11. The molecule has 0 saturated carbocycles. The second-order valence-electron chi connectivity index (χ2n) is 7.52. The number of esters is 1. The molecule has 0 aliphatic heterocycles. The van der Waals surface area contributed by atoms with Gasteiger partial charge in [-0.2, -0.15) is 11.8 Å². The van der Waals surface area contributed by atoms with Gasteiger partial charge in [0.25, 0.3) is 18.1 Å². The SMILES string of the molecule is COC(=O)C(Cc1ccccc1)NC(=O)C(CC(C)C)(NC(=O)CCCSC)OC=O. The van der Waals surface area contributed by atoms with Gasteiger partial charge in [0.1, 0.15) is 6.04 Å². The Bertz CT molecular complexity index is 728. The average Bonchev–Trinajstić information content (AvgIpc) is 2.73. The molecule has 1 rings (SSSR count). The van der Waals surface area contributed by atoms with Crippen molar-refractivity contribution in [1.29, 1.82) is 0 Å². The smallest absolute Gasteiger partial charge is 0.328 e. The largest absolute Gasteiger partial charge is 0.467 e.